The van der Waals surface area contributed by atoms with Crippen molar-refractivity contribution in [1.29, 1.82) is 0 Å². The number of hydrogen-bond acceptors (Lipinski definition) is 5. The number of aromatic nitrogens is 2. The smallest absolute Gasteiger partial charge is 0.251 e. The number of fused-ring (bicyclic) bond motifs is 1. The third-order valence-electron chi connectivity index (χ3n) is 5.91. The molecule has 1 amide bonds. The van der Waals surface area contributed by atoms with Crippen LogP contribution in [0.1, 0.15) is 17.3 Å². The molecule has 1 heterocycles. The van der Waals surface area contributed by atoms with Gasteiger partial charge in [0.05, 0.1) is 22.4 Å². The van der Waals surface area contributed by atoms with Crippen molar-refractivity contribution in [1.82, 2.24) is 15.3 Å². The van der Waals surface area contributed by atoms with Gasteiger partial charge in [-0.1, -0.05) is 30.3 Å². The van der Waals surface area contributed by atoms with Crippen LogP contribution < -0.4 is 15.1 Å². The van der Waals surface area contributed by atoms with Crippen molar-refractivity contribution in [3.63, 3.8) is 0 Å². The zero-order valence-corrected chi connectivity index (χ0v) is 20.9. The van der Waals surface area contributed by atoms with Gasteiger partial charge in [0.2, 0.25) is 0 Å². The summed E-state index contributed by atoms with van der Waals surface area (Å²) in [7, 11) is 8.07. The molecule has 0 aliphatic heterocycles. The Hall–Kier alpha value is -4.19. The summed E-state index contributed by atoms with van der Waals surface area (Å²) in [6.45, 7) is 5.62. The van der Waals surface area contributed by atoms with E-state index in [2.05, 4.69) is 52.0 Å². The number of anilines is 2. The molecule has 0 radical (unpaired) electrons. The van der Waals surface area contributed by atoms with Crippen LogP contribution in [0.2, 0.25) is 0 Å². The number of carbonyl (C=O) groups excluding carboxylic acids is 1. The Morgan fingerprint density at radius 2 is 1.37 bits per heavy atom. The average molecular weight is 466 g/mol. The van der Waals surface area contributed by atoms with Crippen LogP contribution in [-0.4, -0.2) is 50.1 Å². The predicted molar refractivity (Wildman–Crippen MR) is 146 cm³/mol. The van der Waals surface area contributed by atoms with E-state index in [0.717, 1.165) is 39.4 Å². The monoisotopic (exact) mass is 465 g/mol. The Balaban J connectivity index is 1.92. The van der Waals surface area contributed by atoms with Gasteiger partial charge in [0.15, 0.2) is 0 Å². The van der Waals surface area contributed by atoms with Crippen molar-refractivity contribution in [2.75, 3.05) is 38.0 Å². The molecule has 1 N–H and O–H groups in total. The first-order chi connectivity index (χ1) is 16.8. The molecule has 0 fully saturated rings. The van der Waals surface area contributed by atoms with Crippen molar-refractivity contribution < 1.29 is 4.79 Å². The summed E-state index contributed by atoms with van der Waals surface area (Å²) < 4.78 is 0. The van der Waals surface area contributed by atoms with E-state index in [9.17, 15) is 4.79 Å². The van der Waals surface area contributed by atoms with Gasteiger partial charge in [-0.3, -0.25) is 4.79 Å². The molecule has 0 aliphatic carbocycles. The number of hydrogen-bond donors (Lipinski definition) is 1. The van der Waals surface area contributed by atoms with E-state index in [-0.39, 0.29) is 11.9 Å². The van der Waals surface area contributed by atoms with Crippen LogP contribution in [0.3, 0.4) is 0 Å². The molecule has 4 aromatic rings. The van der Waals surface area contributed by atoms with E-state index in [1.165, 1.54) is 0 Å². The van der Waals surface area contributed by atoms with Crippen molar-refractivity contribution in [2.45, 2.75) is 13.0 Å². The molecule has 1 unspecified atom stereocenters. The van der Waals surface area contributed by atoms with Crippen LogP contribution in [-0.2, 0) is 0 Å². The maximum Gasteiger partial charge on any atom is 0.251 e. The highest BCUT2D eigenvalue weighted by Crippen LogP contribution is 2.34. The lowest BCUT2D eigenvalue weighted by Gasteiger charge is -2.17. The first kappa shape index (κ1) is 24.0. The maximum absolute atomic E-state index is 12.7. The second-order valence-corrected chi connectivity index (χ2v) is 9.01. The van der Waals surface area contributed by atoms with E-state index < -0.39 is 0 Å². The standard InChI is InChI=1S/C29H31N5O/c1-7-19(2)30-29(35)22-14-15-25-26(18-22)32-28(21-11-9-13-24(17-21)34(5)6)27(31-25)20-10-8-12-23(16-20)33(3)4/h7-19H,1H2,2-6H3,(H,30,35). The molecule has 1 atom stereocenters. The fraction of sp³-hybridized carbons (Fsp3) is 0.207. The summed E-state index contributed by atoms with van der Waals surface area (Å²) in [5.41, 5.74) is 7.62. The summed E-state index contributed by atoms with van der Waals surface area (Å²) in [5, 5.41) is 2.92. The van der Waals surface area contributed by atoms with E-state index in [0.29, 0.717) is 11.1 Å². The Morgan fingerprint density at radius 3 is 1.89 bits per heavy atom. The van der Waals surface area contributed by atoms with E-state index >= 15 is 0 Å². The molecule has 1 aromatic heterocycles. The quantitative estimate of drug-likeness (QED) is 0.370. The van der Waals surface area contributed by atoms with Gasteiger partial charge in [0.1, 0.15) is 0 Å². The minimum atomic E-state index is -0.167. The normalized spacial score (nSPS) is 11.7. The lowest BCUT2D eigenvalue weighted by molar-refractivity contribution is 0.0947. The summed E-state index contributed by atoms with van der Waals surface area (Å²) >= 11 is 0. The van der Waals surface area contributed by atoms with E-state index in [4.69, 9.17) is 9.97 Å². The first-order valence-corrected chi connectivity index (χ1v) is 11.6. The Bertz CT molecular complexity index is 1390. The van der Waals surface area contributed by atoms with Gasteiger partial charge >= 0.3 is 0 Å². The van der Waals surface area contributed by atoms with Gasteiger partial charge in [-0.15, -0.1) is 6.58 Å². The fourth-order valence-corrected chi connectivity index (χ4v) is 3.81. The van der Waals surface area contributed by atoms with Gasteiger partial charge in [0, 0.05) is 62.3 Å². The van der Waals surface area contributed by atoms with Crippen molar-refractivity contribution in [3.8, 4) is 22.5 Å². The Labute approximate surface area is 206 Å². The summed E-state index contributed by atoms with van der Waals surface area (Å²) in [5.74, 6) is -0.167. The molecule has 6 nitrogen and oxygen atoms in total. The highest BCUT2D eigenvalue weighted by atomic mass is 16.1. The van der Waals surface area contributed by atoms with Crippen LogP contribution in [0.4, 0.5) is 11.4 Å². The highest BCUT2D eigenvalue weighted by molar-refractivity contribution is 5.98. The molecular formula is C29H31N5O. The lowest BCUT2D eigenvalue weighted by atomic mass is 10.0. The number of nitrogens with zero attached hydrogens (tertiary/aromatic N) is 4. The number of rotatable bonds is 7. The van der Waals surface area contributed by atoms with Crippen LogP contribution in [0.5, 0.6) is 0 Å². The van der Waals surface area contributed by atoms with Crippen LogP contribution >= 0.6 is 0 Å². The fourth-order valence-electron chi connectivity index (χ4n) is 3.81. The third kappa shape index (κ3) is 5.17. The Morgan fingerprint density at radius 1 is 0.829 bits per heavy atom. The summed E-state index contributed by atoms with van der Waals surface area (Å²) in [4.78, 5) is 26.9. The highest BCUT2D eigenvalue weighted by Gasteiger charge is 2.16. The zero-order chi connectivity index (χ0) is 25.1. The van der Waals surface area contributed by atoms with Crippen molar-refractivity contribution >= 4 is 28.3 Å². The maximum atomic E-state index is 12.7. The van der Waals surface area contributed by atoms with Gasteiger partial charge in [0.25, 0.3) is 5.91 Å². The van der Waals surface area contributed by atoms with Gasteiger partial charge < -0.3 is 15.1 Å². The first-order valence-electron chi connectivity index (χ1n) is 11.6. The number of nitrogens with one attached hydrogen (secondary N) is 1. The molecular weight excluding hydrogens is 434 g/mol. The average Bonchev–Trinajstić information content (AvgIpc) is 2.87. The molecule has 0 bridgehead atoms. The van der Waals surface area contributed by atoms with Crippen LogP contribution in [0.25, 0.3) is 33.5 Å². The molecule has 0 saturated carbocycles. The predicted octanol–water partition coefficient (Wildman–Crippen LogP) is 5.40. The molecule has 0 spiro atoms. The number of amides is 1. The summed E-state index contributed by atoms with van der Waals surface area (Å²) in [6, 6.07) is 21.8. The van der Waals surface area contributed by atoms with Crippen LogP contribution in [0, 0.1) is 0 Å². The second kappa shape index (κ2) is 9.97. The molecule has 0 saturated heterocycles. The molecule has 178 valence electrons. The molecule has 0 aliphatic rings. The van der Waals surface area contributed by atoms with Gasteiger partial charge in [-0.2, -0.15) is 0 Å². The van der Waals surface area contributed by atoms with Crippen molar-refractivity contribution in [3.05, 3.63) is 84.9 Å². The molecule has 4 rings (SSSR count). The third-order valence-corrected chi connectivity index (χ3v) is 5.91. The van der Waals surface area contributed by atoms with Crippen LogP contribution in [0.15, 0.2) is 79.4 Å². The van der Waals surface area contributed by atoms with Gasteiger partial charge in [-0.05, 0) is 49.4 Å². The molecule has 6 heteroatoms. The molecule has 35 heavy (non-hydrogen) atoms. The minimum Gasteiger partial charge on any atom is -0.378 e. The Kier molecular flexibility index (Phi) is 6.82. The minimum absolute atomic E-state index is 0.125. The van der Waals surface area contributed by atoms with E-state index in [1.807, 2.05) is 59.4 Å². The second-order valence-electron chi connectivity index (χ2n) is 9.01. The summed E-state index contributed by atoms with van der Waals surface area (Å²) in [6.07, 6.45) is 1.70. The number of carbonyl (C=O) groups is 1. The zero-order valence-electron chi connectivity index (χ0n) is 20.9. The van der Waals surface area contributed by atoms with E-state index in [1.54, 1.807) is 18.2 Å². The topological polar surface area (TPSA) is 61.4 Å². The lowest BCUT2D eigenvalue weighted by Crippen LogP contribution is -2.30. The molecule has 3 aromatic carbocycles. The largest absolute Gasteiger partial charge is 0.378 e. The van der Waals surface area contributed by atoms with Crippen molar-refractivity contribution in [2.24, 2.45) is 0 Å². The SMILES string of the molecule is C=CC(C)NC(=O)c1ccc2nc(-c3cccc(N(C)C)c3)c(-c3cccc(N(C)C)c3)nc2c1. The van der Waals surface area contributed by atoms with Gasteiger partial charge in [-0.25, -0.2) is 9.97 Å². The number of benzene rings is 3.